The Morgan fingerprint density at radius 3 is 2.63 bits per heavy atom. The summed E-state index contributed by atoms with van der Waals surface area (Å²) in [5.74, 6) is 0.217. The van der Waals surface area contributed by atoms with Crippen molar-refractivity contribution in [3.8, 4) is 5.75 Å². The number of ketones is 1. The number of hydrogen-bond acceptors (Lipinski definition) is 3. The van der Waals surface area contributed by atoms with Crippen LogP contribution < -0.4 is 10.1 Å². The van der Waals surface area contributed by atoms with Crippen LogP contribution in [0.25, 0.3) is 0 Å². The molecule has 0 aliphatic heterocycles. The van der Waals surface area contributed by atoms with Crippen LogP contribution in [0.4, 0.5) is 0 Å². The summed E-state index contributed by atoms with van der Waals surface area (Å²) in [6.45, 7) is 7.69. The van der Waals surface area contributed by atoms with E-state index in [1.165, 1.54) is 6.92 Å². The van der Waals surface area contributed by atoms with Crippen molar-refractivity contribution in [2.45, 2.75) is 40.2 Å². The van der Waals surface area contributed by atoms with Crippen LogP contribution >= 0.6 is 0 Å². The second kappa shape index (κ2) is 6.92. The minimum Gasteiger partial charge on any atom is -0.480 e. The molecule has 1 amide bonds. The highest BCUT2D eigenvalue weighted by molar-refractivity contribution is 5.97. The van der Waals surface area contributed by atoms with E-state index in [1.54, 1.807) is 19.1 Å². The fourth-order valence-corrected chi connectivity index (χ4v) is 1.66. The smallest absolute Gasteiger partial charge is 0.260 e. The van der Waals surface area contributed by atoms with Crippen LogP contribution in [-0.4, -0.2) is 24.3 Å². The lowest BCUT2D eigenvalue weighted by Gasteiger charge is -2.16. The number of Topliss-reactive ketones (excluding diaryl/α,β-unsaturated/α-hetero) is 1. The number of hydrogen-bond donors (Lipinski definition) is 1. The van der Waals surface area contributed by atoms with E-state index >= 15 is 0 Å². The molecule has 4 nitrogen and oxygen atoms in total. The van der Waals surface area contributed by atoms with Crippen molar-refractivity contribution in [3.63, 3.8) is 0 Å². The number of amides is 1. The van der Waals surface area contributed by atoms with Gasteiger partial charge in [-0.25, -0.2) is 0 Å². The number of benzene rings is 1. The largest absolute Gasteiger partial charge is 0.480 e. The molecule has 0 aliphatic carbocycles. The second-order valence-corrected chi connectivity index (χ2v) is 4.61. The van der Waals surface area contributed by atoms with Gasteiger partial charge >= 0.3 is 0 Å². The lowest BCUT2D eigenvalue weighted by atomic mass is 10.1. The van der Waals surface area contributed by atoms with Gasteiger partial charge in [0, 0.05) is 6.54 Å². The molecule has 0 radical (unpaired) electrons. The molecule has 0 aromatic heterocycles. The Kier molecular flexibility index (Phi) is 5.55. The molecule has 0 saturated heterocycles. The molecule has 1 unspecified atom stereocenters. The third-order valence-electron chi connectivity index (χ3n) is 2.74. The highest BCUT2D eigenvalue weighted by atomic mass is 16.5. The summed E-state index contributed by atoms with van der Waals surface area (Å²) in [5, 5.41) is 2.76. The van der Waals surface area contributed by atoms with Crippen LogP contribution in [0.15, 0.2) is 18.2 Å². The molecule has 1 aromatic rings. The molecule has 4 heteroatoms. The van der Waals surface area contributed by atoms with E-state index in [-0.39, 0.29) is 11.7 Å². The van der Waals surface area contributed by atoms with Gasteiger partial charge in [-0.05, 0) is 39.3 Å². The average molecular weight is 263 g/mol. The molecule has 1 rings (SSSR count). The third kappa shape index (κ3) is 4.39. The highest BCUT2D eigenvalue weighted by Gasteiger charge is 2.17. The standard InChI is InChI=1S/C15H21NO3/c1-5-8-16-15(18)12(4)19-14-7-6-10(2)9-13(14)11(3)17/h6-7,9,12H,5,8H2,1-4H3,(H,16,18). The number of nitrogens with one attached hydrogen (secondary N) is 1. The zero-order valence-corrected chi connectivity index (χ0v) is 11.9. The topological polar surface area (TPSA) is 55.4 Å². The molecule has 1 N–H and O–H groups in total. The van der Waals surface area contributed by atoms with Gasteiger partial charge in [0.2, 0.25) is 0 Å². The molecule has 1 aromatic carbocycles. The maximum atomic E-state index is 11.7. The SMILES string of the molecule is CCCNC(=O)C(C)Oc1ccc(C)cc1C(C)=O. The van der Waals surface area contributed by atoms with E-state index in [0.29, 0.717) is 17.9 Å². The van der Waals surface area contributed by atoms with E-state index < -0.39 is 6.10 Å². The van der Waals surface area contributed by atoms with Gasteiger partial charge in [-0.1, -0.05) is 18.6 Å². The van der Waals surface area contributed by atoms with Gasteiger partial charge in [-0.2, -0.15) is 0 Å². The third-order valence-corrected chi connectivity index (χ3v) is 2.74. The van der Waals surface area contributed by atoms with Crippen molar-refractivity contribution in [2.24, 2.45) is 0 Å². The fraction of sp³-hybridized carbons (Fsp3) is 0.467. The van der Waals surface area contributed by atoms with Crippen molar-refractivity contribution in [1.82, 2.24) is 5.32 Å². The molecule has 0 bridgehead atoms. The highest BCUT2D eigenvalue weighted by Crippen LogP contribution is 2.21. The van der Waals surface area contributed by atoms with E-state index in [4.69, 9.17) is 4.74 Å². The van der Waals surface area contributed by atoms with Gasteiger partial charge in [-0.3, -0.25) is 9.59 Å². The Hall–Kier alpha value is -1.84. The maximum absolute atomic E-state index is 11.7. The van der Waals surface area contributed by atoms with Crippen LogP contribution in [0.3, 0.4) is 0 Å². The van der Waals surface area contributed by atoms with Crippen molar-refractivity contribution >= 4 is 11.7 Å². The summed E-state index contributed by atoms with van der Waals surface area (Å²) in [4.78, 5) is 23.3. The molecule has 0 saturated carbocycles. The Balaban J connectivity index is 2.81. The Bertz CT molecular complexity index is 468. The van der Waals surface area contributed by atoms with E-state index in [9.17, 15) is 9.59 Å². The molecule has 104 valence electrons. The molecular formula is C15H21NO3. The predicted molar refractivity (Wildman–Crippen MR) is 74.6 cm³/mol. The zero-order valence-electron chi connectivity index (χ0n) is 11.9. The van der Waals surface area contributed by atoms with Gasteiger partial charge in [-0.15, -0.1) is 0 Å². The first-order valence-corrected chi connectivity index (χ1v) is 6.51. The molecule has 0 spiro atoms. The van der Waals surface area contributed by atoms with Crippen molar-refractivity contribution < 1.29 is 14.3 Å². The number of aryl methyl sites for hydroxylation is 1. The van der Waals surface area contributed by atoms with Gasteiger partial charge in [0.1, 0.15) is 5.75 Å². The minimum atomic E-state index is -0.618. The first-order chi connectivity index (χ1) is 8.95. The summed E-state index contributed by atoms with van der Waals surface area (Å²) in [5.41, 5.74) is 1.50. The molecular weight excluding hydrogens is 242 g/mol. The molecule has 0 aliphatic rings. The number of ether oxygens (including phenoxy) is 1. The Morgan fingerprint density at radius 2 is 2.05 bits per heavy atom. The van der Waals surface area contributed by atoms with Crippen LogP contribution in [0.2, 0.25) is 0 Å². The van der Waals surface area contributed by atoms with Crippen LogP contribution in [0.5, 0.6) is 5.75 Å². The van der Waals surface area contributed by atoms with Crippen LogP contribution in [0, 0.1) is 6.92 Å². The van der Waals surface area contributed by atoms with Gasteiger partial charge in [0.25, 0.3) is 5.91 Å². The second-order valence-electron chi connectivity index (χ2n) is 4.61. The number of rotatable bonds is 6. The summed E-state index contributed by atoms with van der Waals surface area (Å²) in [7, 11) is 0. The van der Waals surface area contributed by atoms with Gasteiger partial charge in [0.15, 0.2) is 11.9 Å². The molecule has 0 heterocycles. The average Bonchev–Trinajstić information content (AvgIpc) is 2.37. The van der Waals surface area contributed by atoms with Crippen LogP contribution in [0.1, 0.15) is 43.1 Å². The molecule has 0 fully saturated rings. The zero-order chi connectivity index (χ0) is 14.4. The predicted octanol–water partition coefficient (Wildman–Crippen LogP) is 2.49. The number of carbonyl (C=O) groups excluding carboxylic acids is 2. The number of carbonyl (C=O) groups is 2. The fourth-order valence-electron chi connectivity index (χ4n) is 1.66. The summed E-state index contributed by atoms with van der Waals surface area (Å²) >= 11 is 0. The lowest BCUT2D eigenvalue weighted by molar-refractivity contribution is -0.127. The van der Waals surface area contributed by atoms with Crippen molar-refractivity contribution in [2.75, 3.05) is 6.54 Å². The van der Waals surface area contributed by atoms with E-state index in [2.05, 4.69) is 5.32 Å². The van der Waals surface area contributed by atoms with Gasteiger partial charge < -0.3 is 10.1 Å². The maximum Gasteiger partial charge on any atom is 0.260 e. The first kappa shape index (κ1) is 15.2. The van der Waals surface area contributed by atoms with Gasteiger partial charge in [0.05, 0.1) is 5.56 Å². The molecule has 19 heavy (non-hydrogen) atoms. The Labute approximate surface area is 114 Å². The normalized spacial score (nSPS) is 11.8. The summed E-state index contributed by atoms with van der Waals surface area (Å²) in [6, 6.07) is 5.36. The summed E-state index contributed by atoms with van der Waals surface area (Å²) < 4.78 is 5.59. The summed E-state index contributed by atoms with van der Waals surface area (Å²) in [6.07, 6.45) is 0.258. The van der Waals surface area contributed by atoms with E-state index in [0.717, 1.165) is 12.0 Å². The lowest BCUT2D eigenvalue weighted by Crippen LogP contribution is -2.36. The van der Waals surface area contributed by atoms with Crippen molar-refractivity contribution in [1.29, 1.82) is 0 Å². The van der Waals surface area contributed by atoms with Crippen molar-refractivity contribution in [3.05, 3.63) is 29.3 Å². The van der Waals surface area contributed by atoms with Crippen LogP contribution in [-0.2, 0) is 4.79 Å². The first-order valence-electron chi connectivity index (χ1n) is 6.51. The monoisotopic (exact) mass is 263 g/mol. The minimum absolute atomic E-state index is 0.0696. The van der Waals surface area contributed by atoms with E-state index in [1.807, 2.05) is 19.9 Å². The Morgan fingerprint density at radius 1 is 1.37 bits per heavy atom. The molecule has 1 atom stereocenters. The quantitative estimate of drug-likeness (QED) is 0.802.